The number of nitrogens with zero attached hydrogens (tertiary/aromatic N) is 3. The molecule has 1 fully saturated rings. The number of aromatic nitrogens is 2. The second-order valence-electron chi connectivity index (χ2n) is 5.82. The van der Waals surface area contributed by atoms with Crippen LogP contribution in [-0.4, -0.2) is 53.4 Å². The van der Waals surface area contributed by atoms with Gasteiger partial charge in [0.2, 0.25) is 5.75 Å². The maximum atomic E-state index is 12.8. The van der Waals surface area contributed by atoms with Gasteiger partial charge in [-0.25, -0.2) is 9.78 Å². The van der Waals surface area contributed by atoms with Gasteiger partial charge in [-0.15, -0.1) is 0 Å². The monoisotopic (exact) mass is 347 g/mol. The van der Waals surface area contributed by atoms with E-state index in [-0.39, 0.29) is 23.7 Å². The van der Waals surface area contributed by atoms with Crippen LogP contribution < -0.4 is 15.2 Å². The molecule has 8 heteroatoms. The van der Waals surface area contributed by atoms with E-state index in [9.17, 15) is 14.7 Å². The maximum absolute atomic E-state index is 12.8. The van der Waals surface area contributed by atoms with Gasteiger partial charge in [-0.05, 0) is 18.6 Å². The molecular weight excluding hydrogens is 326 g/mol. The molecule has 0 aliphatic carbocycles. The number of carbonyl (C=O) groups is 1. The molecule has 3 heterocycles. The third-order valence-electron chi connectivity index (χ3n) is 4.09. The SMILES string of the molecule is CCCCOc1c(C(=O)O)nc2ccc(N3CCOCC3)cn2c1=O. The van der Waals surface area contributed by atoms with Crippen molar-refractivity contribution in [1.29, 1.82) is 0 Å². The summed E-state index contributed by atoms with van der Waals surface area (Å²) in [4.78, 5) is 30.4. The third-order valence-corrected chi connectivity index (χ3v) is 4.09. The second-order valence-corrected chi connectivity index (χ2v) is 5.82. The zero-order valence-electron chi connectivity index (χ0n) is 14.1. The molecule has 0 atom stereocenters. The van der Waals surface area contributed by atoms with Gasteiger partial charge in [-0.3, -0.25) is 9.20 Å². The highest BCUT2D eigenvalue weighted by Crippen LogP contribution is 2.19. The van der Waals surface area contributed by atoms with E-state index in [1.165, 1.54) is 4.40 Å². The van der Waals surface area contributed by atoms with E-state index < -0.39 is 11.5 Å². The number of carboxylic acid groups (broad SMARTS) is 1. The van der Waals surface area contributed by atoms with Crippen LogP contribution in [0.2, 0.25) is 0 Å². The molecule has 1 N–H and O–H groups in total. The van der Waals surface area contributed by atoms with Gasteiger partial charge < -0.3 is 19.5 Å². The minimum absolute atomic E-state index is 0.211. The first-order chi connectivity index (χ1) is 12.1. The van der Waals surface area contributed by atoms with Crippen LogP contribution in [0.1, 0.15) is 30.3 Å². The van der Waals surface area contributed by atoms with Gasteiger partial charge in [-0.2, -0.15) is 0 Å². The van der Waals surface area contributed by atoms with E-state index >= 15 is 0 Å². The molecule has 0 radical (unpaired) electrons. The van der Waals surface area contributed by atoms with Crippen molar-refractivity contribution in [3.63, 3.8) is 0 Å². The molecule has 0 aromatic carbocycles. The zero-order valence-corrected chi connectivity index (χ0v) is 14.1. The smallest absolute Gasteiger partial charge is 0.358 e. The summed E-state index contributed by atoms with van der Waals surface area (Å²) in [5.74, 6) is -1.49. The van der Waals surface area contributed by atoms with E-state index in [0.29, 0.717) is 13.2 Å². The summed E-state index contributed by atoms with van der Waals surface area (Å²) in [5.41, 5.74) is 0.290. The van der Waals surface area contributed by atoms with Crippen molar-refractivity contribution < 1.29 is 19.4 Å². The van der Waals surface area contributed by atoms with Gasteiger partial charge in [-0.1, -0.05) is 13.3 Å². The third kappa shape index (κ3) is 3.58. The molecule has 1 saturated heterocycles. The lowest BCUT2D eigenvalue weighted by Crippen LogP contribution is -2.36. The number of hydrogen-bond donors (Lipinski definition) is 1. The van der Waals surface area contributed by atoms with Gasteiger partial charge >= 0.3 is 11.5 Å². The summed E-state index contributed by atoms with van der Waals surface area (Å²) >= 11 is 0. The zero-order chi connectivity index (χ0) is 17.8. The average Bonchev–Trinajstić information content (AvgIpc) is 2.64. The lowest BCUT2D eigenvalue weighted by atomic mass is 10.3. The molecule has 1 aliphatic heterocycles. The fourth-order valence-electron chi connectivity index (χ4n) is 2.71. The van der Waals surface area contributed by atoms with E-state index in [1.807, 2.05) is 13.0 Å². The first-order valence-electron chi connectivity index (χ1n) is 8.37. The van der Waals surface area contributed by atoms with Gasteiger partial charge in [0, 0.05) is 19.3 Å². The van der Waals surface area contributed by atoms with Crippen molar-refractivity contribution in [1.82, 2.24) is 9.38 Å². The van der Waals surface area contributed by atoms with Gasteiger partial charge in [0.1, 0.15) is 5.65 Å². The Labute approximate surface area is 144 Å². The first-order valence-corrected chi connectivity index (χ1v) is 8.37. The number of anilines is 1. The molecule has 134 valence electrons. The number of unbranched alkanes of at least 4 members (excludes halogenated alkanes) is 1. The molecular formula is C17H21N3O5. The van der Waals surface area contributed by atoms with Gasteiger partial charge in [0.05, 0.1) is 25.5 Å². The minimum Gasteiger partial charge on any atom is -0.486 e. The largest absolute Gasteiger partial charge is 0.486 e. The molecule has 0 unspecified atom stereocenters. The van der Waals surface area contributed by atoms with Crippen molar-refractivity contribution >= 4 is 17.3 Å². The van der Waals surface area contributed by atoms with Gasteiger partial charge in [0.25, 0.3) is 0 Å². The molecule has 2 aromatic heterocycles. The van der Waals surface area contributed by atoms with Crippen LogP contribution in [-0.2, 0) is 4.74 Å². The molecule has 0 spiro atoms. The van der Waals surface area contributed by atoms with Crippen molar-refractivity contribution in [2.45, 2.75) is 19.8 Å². The van der Waals surface area contributed by atoms with Crippen LogP contribution in [0.5, 0.6) is 5.75 Å². The molecule has 0 bridgehead atoms. The van der Waals surface area contributed by atoms with Gasteiger partial charge in [0.15, 0.2) is 5.69 Å². The summed E-state index contributed by atoms with van der Waals surface area (Å²) in [7, 11) is 0. The summed E-state index contributed by atoms with van der Waals surface area (Å²) in [6.45, 7) is 5.01. The Bertz CT molecular complexity index is 827. The number of hydrogen-bond acceptors (Lipinski definition) is 6. The average molecular weight is 347 g/mol. The van der Waals surface area contributed by atoms with Crippen molar-refractivity contribution in [2.75, 3.05) is 37.8 Å². The van der Waals surface area contributed by atoms with Crippen LogP contribution in [0.15, 0.2) is 23.1 Å². The highest BCUT2D eigenvalue weighted by molar-refractivity contribution is 5.89. The molecule has 2 aromatic rings. The second kappa shape index (κ2) is 7.52. The number of morpholine rings is 1. The standard InChI is InChI=1S/C17H21N3O5/c1-2-3-8-25-15-14(17(22)23)18-13-5-4-12(11-20(13)16(15)21)19-6-9-24-10-7-19/h4-5,11H,2-3,6-10H2,1H3,(H,22,23). The first kappa shape index (κ1) is 17.2. The Morgan fingerprint density at radius 2 is 2.12 bits per heavy atom. The molecule has 3 rings (SSSR count). The number of aromatic carboxylic acids is 1. The van der Waals surface area contributed by atoms with E-state index in [4.69, 9.17) is 9.47 Å². The molecule has 0 saturated carbocycles. The predicted molar refractivity (Wildman–Crippen MR) is 91.9 cm³/mol. The van der Waals surface area contributed by atoms with Crippen molar-refractivity contribution in [3.8, 4) is 5.75 Å². The van der Waals surface area contributed by atoms with Crippen LogP contribution in [0.3, 0.4) is 0 Å². The Hall–Kier alpha value is -2.61. The number of carboxylic acids is 1. The highest BCUT2D eigenvalue weighted by atomic mass is 16.5. The maximum Gasteiger partial charge on any atom is 0.358 e. The molecule has 1 aliphatic rings. The van der Waals surface area contributed by atoms with E-state index in [2.05, 4.69) is 9.88 Å². The lowest BCUT2D eigenvalue weighted by Gasteiger charge is -2.28. The normalized spacial score (nSPS) is 14.7. The summed E-state index contributed by atoms with van der Waals surface area (Å²) in [6, 6.07) is 3.48. The summed E-state index contributed by atoms with van der Waals surface area (Å²) < 4.78 is 12.1. The lowest BCUT2D eigenvalue weighted by molar-refractivity contribution is 0.0685. The number of fused-ring (bicyclic) bond motifs is 1. The summed E-state index contributed by atoms with van der Waals surface area (Å²) in [5, 5.41) is 9.35. The molecule has 8 nitrogen and oxygen atoms in total. The Kier molecular flexibility index (Phi) is 5.18. The fraction of sp³-hybridized carbons (Fsp3) is 0.471. The number of ether oxygens (including phenoxy) is 2. The Morgan fingerprint density at radius 1 is 1.36 bits per heavy atom. The quantitative estimate of drug-likeness (QED) is 0.790. The van der Waals surface area contributed by atoms with Crippen LogP contribution >= 0.6 is 0 Å². The Balaban J connectivity index is 2.05. The van der Waals surface area contributed by atoms with Crippen molar-refractivity contribution in [3.05, 3.63) is 34.4 Å². The predicted octanol–water partition coefficient (Wildman–Crippen LogP) is 1.41. The van der Waals surface area contributed by atoms with Crippen LogP contribution in [0.25, 0.3) is 5.65 Å². The summed E-state index contributed by atoms with van der Waals surface area (Å²) in [6.07, 6.45) is 3.29. The van der Waals surface area contributed by atoms with Crippen molar-refractivity contribution in [2.24, 2.45) is 0 Å². The number of rotatable bonds is 6. The highest BCUT2D eigenvalue weighted by Gasteiger charge is 2.21. The van der Waals surface area contributed by atoms with E-state index in [0.717, 1.165) is 31.6 Å². The Morgan fingerprint density at radius 3 is 2.80 bits per heavy atom. The topological polar surface area (TPSA) is 93.4 Å². The van der Waals surface area contributed by atoms with E-state index in [1.54, 1.807) is 12.3 Å². The fourth-order valence-corrected chi connectivity index (χ4v) is 2.71. The van der Waals surface area contributed by atoms with Crippen LogP contribution in [0.4, 0.5) is 5.69 Å². The van der Waals surface area contributed by atoms with Crippen LogP contribution in [0, 0.1) is 0 Å². The molecule has 25 heavy (non-hydrogen) atoms. The molecule has 0 amide bonds. The minimum atomic E-state index is -1.27. The number of pyridine rings is 1.